The molecule has 0 bridgehead atoms. The van der Waals surface area contributed by atoms with Gasteiger partial charge in [-0.05, 0) is 37.4 Å². The number of aromatic nitrogens is 2. The van der Waals surface area contributed by atoms with Gasteiger partial charge >= 0.3 is 0 Å². The van der Waals surface area contributed by atoms with Crippen LogP contribution in [0.25, 0.3) is 16.6 Å². The van der Waals surface area contributed by atoms with E-state index in [9.17, 15) is 0 Å². The minimum atomic E-state index is 0.692. The zero-order valence-electron chi connectivity index (χ0n) is 13.8. The van der Waals surface area contributed by atoms with Gasteiger partial charge in [-0.1, -0.05) is 38.1 Å². The van der Waals surface area contributed by atoms with Gasteiger partial charge in [-0.25, -0.2) is 4.68 Å². The van der Waals surface area contributed by atoms with Crippen molar-refractivity contribution >= 4 is 10.9 Å². The molecule has 0 atom stereocenters. The zero-order valence-corrected chi connectivity index (χ0v) is 13.8. The first-order valence-electron chi connectivity index (χ1n) is 8.20. The molecule has 0 fully saturated rings. The summed E-state index contributed by atoms with van der Waals surface area (Å²) in [5.74, 6) is 0.900. The summed E-state index contributed by atoms with van der Waals surface area (Å²) >= 11 is 0. The molecule has 3 rings (SSSR count). The van der Waals surface area contributed by atoms with Crippen LogP contribution in [0.15, 0.2) is 54.7 Å². The van der Waals surface area contributed by atoms with E-state index in [0.717, 1.165) is 42.0 Å². The van der Waals surface area contributed by atoms with Crippen LogP contribution in [0, 0.1) is 0 Å². The van der Waals surface area contributed by atoms with Gasteiger partial charge in [0.15, 0.2) is 0 Å². The number of likely N-dealkylation sites (N-methyl/N-ethyl adjacent to an activating group) is 1. The van der Waals surface area contributed by atoms with Gasteiger partial charge in [0.1, 0.15) is 12.4 Å². The van der Waals surface area contributed by atoms with Crippen molar-refractivity contribution in [2.75, 3.05) is 26.2 Å². The highest BCUT2D eigenvalue weighted by Crippen LogP contribution is 2.27. The van der Waals surface area contributed by atoms with Crippen LogP contribution in [-0.4, -0.2) is 40.9 Å². The summed E-state index contributed by atoms with van der Waals surface area (Å²) in [6.45, 7) is 8.09. The van der Waals surface area contributed by atoms with Crippen molar-refractivity contribution in [2.45, 2.75) is 13.8 Å². The molecular formula is C19H23N3O. The highest BCUT2D eigenvalue weighted by Gasteiger charge is 2.09. The molecule has 3 aromatic rings. The van der Waals surface area contributed by atoms with Gasteiger partial charge in [-0.2, -0.15) is 5.10 Å². The quantitative estimate of drug-likeness (QED) is 0.666. The Balaban J connectivity index is 1.82. The maximum Gasteiger partial charge on any atom is 0.130 e. The van der Waals surface area contributed by atoms with Crippen LogP contribution in [0.4, 0.5) is 0 Å². The first-order valence-corrected chi connectivity index (χ1v) is 8.20. The average Bonchev–Trinajstić information content (AvgIpc) is 3.04. The Bertz CT molecular complexity index is 748. The lowest BCUT2D eigenvalue weighted by atomic mass is 10.2. The Morgan fingerprint density at radius 3 is 2.52 bits per heavy atom. The largest absolute Gasteiger partial charge is 0.491 e. The van der Waals surface area contributed by atoms with Crippen molar-refractivity contribution in [2.24, 2.45) is 0 Å². The number of nitrogens with zero attached hydrogens (tertiary/aromatic N) is 3. The smallest absolute Gasteiger partial charge is 0.130 e. The molecule has 0 spiro atoms. The summed E-state index contributed by atoms with van der Waals surface area (Å²) in [7, 11) is 0. The third kappa shape index (κ3) is 3.37. The highest BCUT2D eigenvalue weighted by atomic mass is 16.5. The van der Waals surface area contributed by atoms with E-state index in [1.54, 1.807) is 0 Å². The van der Waals surface area contributed by atoms with Gasteiger partial charge in [0.05, 0.1) is 22.8 Å². The molecule has 2 aromatic carbocycles. The molecular weight excluding hydrogens is 286 g/mol. The maximum absolute atomic E-state index is 6.01. The number of ether oxygens (including phenoxy) is 1. The Morgan fingerprint density at radius 1 is 1.00 bits per heavy atom. The molecule has 1 aromatic heterocycles. The topological polar surface area (TPSA) is 30.3 Å². The van der Waals surface area contributed by atoms with Crippen molar-refractivity contribution in [1.29, 1.82) is 0 Å². The Labute approximate surface area is 137 Å². The molecule has 0 N–H and O–H groups in total. The number of benzene rings is 2. The van der Waals surface area contributed by atoms with Gasteiger partial charge in [0.2, 0.25) is 0 Å². The average molecular weight is 309 g/mol. The van der Waals surface area contributed by atoms with E-state index in [2.05, 4.69) is 42.0 Å². The summed E-state index contributed by atoms with van der Waals surface area (Å²) in [6, 6.07) is 16.3. The second-order valence-corrected chi connectivity index (χ2v) is 5.46. The summed E-state index contributed by atoms with van der Waals surface area (Å²) in [6.07, 6.45) is 1.88. The molecule has 120 valence electrons. The Morgan fingerprint density at radius 2 is 1.78 bits per heavy atom. The molecule has 0 radical (unpaired) electrons. The van der Waals surface area contributed by atoms with E-state index in [0.29, 0.717) is 6.61 Å². The van der Waals surface area contributed by atoms with Gasteiger partial charge in [0, 0.05) is 6.54 Å². The van der Waals surface area contributed by atoms with E-state index >= 15 is 0 Å². The molecule has 0 saturated heterocycles. The Kier molecular flexibility index (Phi) is 4.93. The molecule has 0 aliphatic carbocycles. The predicted molar refractivity (Wildman–Crippen MR) is 94.4 cm³/mol. The van der Waals surface area contributed by atoms with Crippen molar-refractivity contribution in [3.05, 3.63) is 54.7 Å². The number of hydrogen-bond donors (Lipinski definition) is 0. The minimum Gasteiger partial charge on any atom is -0.491 e. The van der Waals surface area contributed by atoms with Gasteiger partial charge in [-0.3, -0.25) is 0 Å². The van der Waals surface area contributed by atoms with Crippen LogP contribution in [0.1, 0.15) is 13.8 Å². The SMILES string of the molecule is CCN(CC)CCOc1cccc2c1cnn2-c1ccccc1. The highest BCUT2D eigenvalue weighted by molar-refractivity contribution is 5.86. The Hall–Kier alpha value is -2.33. The summed E-state index contributed by atoms with van der Waals surface area (Å²) < 4.78 is 7.96. The van der Waals surface area contributed by atoms with Crippen LogP contribution in [0.3, 0.4) is 0 Å². The first-order chi connectivity index (χ1) is 11.3. The van der Waals surface area contributed by atoms with Crippen molar-refractivity contribution in [3.63, 3.8) is 0 Å². The summed E-state index contributed by atoms with van der Waals surface area (Å²) in [5, 5.41) is 5.58. The number of hydrogen-bond acceptors (Lipinski definition) is 3. The molecule has 0 aliphatic heterocycles. The van der Waals surface area contributed by atoms with Crippen LogP contribution in [-0.2, 0) is 0 Å². The lowest BCUT2D eigenvalue weighted by Crippen LogP contribution is -2.27. The fourth-order valence-corrected chi connectivity index (χ4v) is 2.75. The fraction of sp³-hybridized carbons (Fsp3) is 0.316. The normalized spacial score (nSPS) is 11.3. The lowest BCUT2D eigenvalue weighted by molar-refractivity contribution is 0.224. The maximum atomic E-state index is 6.01. The predicted octanol–water partition coefficient (Wildman–Crippen LogP) is 3.75. The van der Waals surface area contributed by atoms with Crippen molar-refractivity contribution < 1.29 is 4.74 Å². The standard InChI is InChI=1S/C19H23N3O/c1-3-21(4-2)13-14-23-19-12-8-11-18-17(19)15-20-22(18)16-9-6-5-7-10-16/h5-12,15H,3-4,13-14H2,1-2H3. The van der Waals surface area contributed by atoms with Crippen molar-refractivity contribution in [1.82, 2.24) is 14.7 Å². The number of fused-ring (bicyclic) bond motifs is 1. The van der Waals surface area contributed by atoms with Gasteiger partial charge < -0.3 is 9.64 Å². The molecule has 0 unspecified atom stereocenters. The zero-order chi connectivity index (χ0) is 16.1. The van der Waals surface area contributed by atoms with E-state index in [1.807, 2.05) is 41.2 Å². The number of para-hydroxylation sites is 1. The number of rotatable bonds is 7. The molecule has 0 amide bonds. The summed E-state index contributed by atoms with van der Waals surface area (Å²) in [4.78, 5) is 2.35. The third-order valence-electron chi connectivity index (χ3n) is 4.13. The van der Waals surface area contributed by atoms with Crippen LogP contribution >= 0.6 is 0 Å². The summed E-state index contributed by atoms with van der Waals surface area (Å²) in [5.41, 5.74) is 2.12. The first kappa shape index (κ1) is 15.6. The van der Waals surface area contributed by atoms with E-state index in [-0.39, 0.29) is 0 Å². The molecule has 0 aliphatic rings. The molecule has 1 heterocycles. The minimum absolute atomic E-state index is 0.692. The second-order valence-electron chi connectivity index (χ2n) is 5.46. The van der Waals surface area contributed by atoms with Gasteiger partial charge in [0.25, 0.3) is 0 Å². The van der Waals surface area contributed by atoms with E-state index in [4.69, 9.17) is 4.74 Å². The van der Waals surface area contributed by atoms with Crippen LogP contribution in [0.2, 0.25) is 0 Å². The lowest BCUT2D eigenvalue weighted by Gasteiger charge is -2.18. The van der Waals surface area contributed by atoms with Crippen molar-refractivity contribution in [3.8, 4) is 11.4 Å². The van der Waals surface area contributed by atoms with Gasteiger partial charge in [-0.15, -0.1) is 0 Å². The third-order valence-corrected chi connectivity index (χ3v) is 4.13. The van der Waals surface area contributed by atoms with E-state index in [1.165, 1.54) is 0 Å². The monoisotopic (exact) mass is 309 g/mol. The molecule has 0 saturated carbocycles. The fourth-order valence-electron chi connectivity index (χ4n) is 2.75. The van der Waals surface area contributed by atoms with Crippen LogP contribution in [0.5, 0.6) is 5.75 Å². The molecule has 4 heteroatoms. The van der Waals surface area contributed by atoms with E-state index < -0.39 is 0 Å². The second kappa shape index (κ2) is 7.29. The molecule has 4 nitrogen and oxygen atoms in total. The molecule has 23 heavy (non-hydrogen) atoms. The van der Waals surface area contributed by atoms with Crippen LogP contribution < -0.4 is 4.74 Å².